The summed E-state index contributed by atoms with van der Waals surface area (Å²) in [6, 6.07) is 61.4. The molecule has 1 aromatic heterocycles. The molecular weight excluding hydrogens is 633 g/mol. The zero-order valence-corrected chi connectivity index (χ0v) is 29.3. The van der Waals surface area contributed by atoms with Gasteiger partial charge < -0.3 is 9.88 Å². The first kappa shape index (κ1) is 30.4. The Bertz CT molecular complexity index is 2650. The summed E-state index contributed by atoms with van der Waals surface area (Å²) >= 11 is 0. The molecule has 4 nitrogen and oxygen atoms in total. The highest BCUT2D eigenvalue weighted by molar-refractivity contribution is 6.18. The van der Waals surface area contributed by atoms with Gasteiger partial charge in [-0.15, -0.1) is 0 Å². The van der Waals surface area contributed by atoms with Crippen LogP contribution in [0, 0.1) is 0 Å². The van der Waals surface area contributed by atoms with E-state index < -0.39 is 0 Å². The van der Waals surface area contributed by atoms with Gasteiger partial charge in [0.25, 0.3) is 0 Å². The minimum absolute atomic E-state index is 0.0734. The van der Waals surface area contributed by atoms with Crippen molar-refractivity contribution in [3.8, 4) is 27.9 Å². The van der Waals surface area contributed by atoms with Crippen molar-refractivity contribution in [2.24, 2.45) is 5.10 Å². The fourth-order valence-corrected chi connectivity index (χ4v) is 8.55. The summed E-state index contributed by atoms with van der Waals surface area (Å²) in [6.07, 6.45) is -0.0734. The zero-order chi connectivity index (χ0) is 34.8. The van der Waals surface area contributed by atoms with Crippen LogP contribution in [0.2, 0.25) is 0 Å². The maximum atomic E-state index is 5.15. The quantitative estimate of drug-likeness (QED) is 0.191. The number of hydrazone groups is 1. The molecular formula is C48H38N4. The van der Waals surface area contributed by atoms with Gasteiger partial charge in [-0.05, 0) is 74.8 Å². The van der Waals surface area contributed by atoms with Crippen LogP contribution >= 0.6 is 0 Å². The second-order valence-corrected chi connectivity index (χ2v) is 14.5. The molecule has 2 heterocycles. The van der Waals surface area contributed by atoms with E-state index in [2.05, 4.69) is 193 Å². The predicted octanol–water partition coefficient (Wildman–Crippen LogP) is 11.2. The molecule has 0 saturated carbocycles. The molecule has 2 aliphatic rings. The lowest BCUT2D eigenvalue weighted by atomic mass is 9.82. The van der Waals surface area contributed by atoms with Crippen LogP contribution < -0.4 is 5.32 Å². The van der Waals surface area contributed by atoms with Gasteiger partial charge in [-0.2, -0.15) is 5.10 Å². The van der Waals surface area contributed by atoms with Crippen LogP contribution in [0.5, 0.6) is 0 Å². The van der Waals surface area contributed by atoms with E-state index in [9.17, 15) is 0 Å². The largest absolute Gasteiger partial charge is 0.343 e. The number of benzene rings is 7. The normalized spacial score (nSPS) is 15.8. The van der Waals surface area contributed by atoms with Gasteiger partial charge in [0.2, 0.25) is 0 Å². The standard InChI is InChI=1S/C48H38N4/c1-48(2)40-24-13-12-23-38(40)44-41(48)26-28-43-45(44)39-30-36(33-16-6-3-7-17-33)25-27-42(39)52(43)37-22-14-15-32(29-37)31-51-47(35-20-10-5-11-21-35)49-46(50-51)34-18-8-4-9-19-34/h3-30,47H,31H2,1-2H3,(H,49,50)/t47-/m1/s1. The topological polar surface area (TPSA) is 32.6 Å². The molecule has 0 unspecified atom stereocenters. The summed E-state index contributed by atoms with van der Waals surface area (Å²) in [5.41, 5.74) is 14.9. The van der Waals surface area contributed by atoms with Gasteiger partial charge in [0.15, 0.2) is 5.84 Å². The number of aromatic nitrogens is 1. The number of amidine groups is 1. The maximum Gasteiger partial charge on any atom is 0.155 e. The molecule has 0 saturated heterocycles. The van der Waals surface area contributed by atoms with Gasteiger partial charge in [-0.25, -0.2) is 0 Å². The molecule has 0 fully saturated rings. The van der Waals surface area contributed by atoms with Crippen molar-refractivity contribution in [3.05, 3.63) is 198 Å². The van der Waals surface area contributed by atoms with Gasteiger partial charge in [0.05, 0.1) is 17.6 Å². The molecule has 52 heavy (non-hydrogen) atoms. The first-order valence-electron chi connectivity index (χ1n) is 18.1. The minimum Gasteiger partial charge on any atom is -0.343 e. The van der Waals surface area contributed by atoms with E-state index in [-0.39, 0.29) is 11.6 Å². The van der Waals surface area contributed by atoms with E-state index >= 15 is 0 Å². The lowest BCUT2D eigenvalue weighted by Gasteiger charge is -2.24. The fourth-order valence-electron chi connectivity index (χ4n) is 8.55. The Morgan fingerprint density at radius 3 is 2.08 bits per heavy atom. The van der Waals surface area contributed by atoms with Gasteiger partial charge in [-0.3, -0.25) is 5.01 Å². The first-order chi connectivity index (χ1) is 25.5. The number of hydrogen-bond acceptors (Lipinski definition) is 3. The molecule has 1 aliphatic heterocycles. The Hall–Kier alpha value is -6.39. The van der Waals surface area contributed by atoms with E-state index in [1.165, 1.54) is 66.3 Å². The number of rotatable bonds is 6. The first-order valence-corrected chi connectivity index (χ1v) is 18.1. The number of nitrogens with one attached hydrogen (secondary N) is 1. The van der Waals surface area contributed by atoms with Crippen molar-refractivity contribution in [1.29, 1.82) is 0 Å². The Morgan fingerprint density at radius 2 is 1.29 bits per heavy atom. The van der Waals surface area contributed by atoms with Crippen molar-refractivity contribution in [2.45, 2.75) is 32.0 Å². The predicted molar refractivity (Wildman–Crippen MR) is 215 cm³/mol. The summed E-state index contributed by atoms with van der Waals surface area (Å²) in [4.78, 5) is 0. The average molecular weight is 671 g/mol. The molecule has 1 N–H and O–H groups in total. The zero-order valence-electron chi connectivity index (χ0n) is 29.3. The molecule has 0 amide bonds. The van der Waals surface area contributed by atoms with Crippen LogP contribution in [0.15, 0.2) is 175 Å². The number of nitrogens with zero attached hydrogens (tertiary/aromatic N) is 3. The molecule has 0 spiro atoms. The lowest BCUT2D eigenvalue weighted by molar-refractivity contribution is 0.209. The SMILES string of the molecule is CC1(C)c2ccccc2-c2c1ccc1c2c2cc(-c3ccccc3)ccc2n1-c1cccc(CN2N=C(c3ccccc3)N[C@H]2c2ccccc2)c1. The molecule has 250 valence electrons. The summed E-state index contributed by atoms with van der Waals surface area (Å²) in [5.74, 6) is 0.888. The highest BCUT2D eigenvalue weighted by atomic mass is 15.6. The van der Waals surface area contributed by atoms with E-state index in [0.29, 0.717) is 6.54 Å². The number of fused-ring (bicyclic) bond motifs is 7. The second kappa shape index (κ2) is 11.9. The summed E-state index contributed by atoms with van der Waals surface area (Å²) in [5, 5.41) is 13.6. The Balaban J connectivity index is 1.14. The highest BCUT2D eigenvalue weighted by Gasteiger charge is 2.37. The van der Waals surface area contributed by atoms with Crippen LogP contribution in [-0.2, 0) is 12.0 Å². The smallest absolute Gasteiger partial charge is 0.155 e. The molecule has 1 atom stereocenters. The molecule has 10 rings (SSSR count). The third kappa shape index (κ3) is 4.79. The van der Waals surface area contributed by atoms with Crippen molar-refractivity contribution in [2.75, 3.05) is 0 Å². The highest BCUT2D eigenvalue weighted by Crippen LogP contribution is 2.53. The van der Waals surface area contributed by atoms with Crippen LogP contribution in [0.25, 0.3) is 49.7 Å². The van der Waals surface area contributed by atoms with Crippen LogP contribution in [-0.4, -0.2) is 15.4 Å². The van der Waals surface area contributed by atoms with Gasteiger partial charge in [-0.1, -0.05) is 153 Å². The Kier molecular flexibility index (Phi) is 6.94. The van der Waals surface area contributed by atoms with Crippen molar-refractivity contribution in [1.82, 2.24) is 14.9 Å². The molecule has 0 bridgehead atoms. The Morgan fingerprint density at radius 1 is 0.596 bits per heavy atom. The third-order valence-electron chi connectivity index (χ3n) is 11.1. The van der Waals surface area contributed by atoms with Gasteiger partial charge in [0.1, 0.15) is 6.17 Å². The van der Waals surface area contributed by atoms with Crippen LogP contribution in [0.4, 0.5) is 0 Å². The third-order valence-corrected chi connectivity index (χ3v) is 11.1. The second-order valence-electron chi connectivity index (χ2n) is 14.5. The van der Waals surface area contributed by atoms with Crippen molar-refractivity contribution >= 4 is 27.6 Å². The van der Waals surface area contributed by atoms with Crippen LogP contribution in [0.3, 0.4) is 0 Å². The van der Waals surface area contributed by atoms with Gasteiger partial charge >= 0.3 is 0 Å². The monoisotopic (exact) mass is 670 g/mol. The molecule has 8 aromatic rings. The maximum absolute atomic E-state index is 5.15. The van der Waals surface area contributed by atoms with Crippen LogP contribution in [0.1, 0.15) is 47.8 Å². The van der Waals surface area contributed by atoms with Crippen molar-refractivity contribution in [3.63, 3.8) is 0 Å². The summed E-state index contributed by atoms with van der Waals surface area (Å²) in [7, 11) is 0. The van der Waals surface area contributed by atoms with Crippen molar-refractivity contribution < 1.29 is 0 Å². The van der Waals surface area contributed by atoms with E-state index in [1.54, 1.807) is 0 Å². The summed E-state index contributed by atoms with van der Waals surface area (Å²) in [6.45, 7) is 5.38. The molecule has 7 aromatic carbocycles. The Labute approximate surface area is 304 Å². The van der Waals surface area contributed by atoms with Gasteiger partial charge in [0, 0.05) is 27.4 Å². The summed E-state index contributed by atoms with van der Waals surface area (Å²) < 4.78 is 2.47. The number of hydrogen-bond donors (Lipinski definition) is 1. The molecule has 1 aliphatic carbocycles. The molecule has 4 heteroatoms. The average Bonchev–Trinajstić information content (AvgIpc) is 3.84. The fraction of sp³-hybridized carbons (Fsp3) is 0.104. The molecule has 0 radical (unpaired) electrons. The van der Waals surface area contributed by atoms with E-state index in [1.807, 2.05) is 6.07 Å². The lowest BCUT2D eigenvalue weighted by Crippen LogP contribution is -2.30. The van der Waals surface area contributed by atoms with E-state index in [4.69, 9.17) is 5.10 Å². The minimum atomic E-state index is -0.0797. The van der Waals surface area contributed by atoms with E-state index in [0.717, 1.165) is 17.1 Å².